The number of nitrogen functional groups attached to an aromatic ring is 1. The number of hydrogen-bond donors (Lipinski definition) is 1. The number of sulfonamides is 1. The van der Waals surface area contributed by atoms with Crippen LogP contribution in [0.2, 0.25) is 0 Å². The summed E-state index contributed by atoms with van der Waals surface area (Å²) in [7, 11) is -2.68. The van der Waals surface area contributed by atoms with Crippen LogP contribution >= 0.6 is 0 Å². The molecule has 1 aromatic rings. The molecule has 0 saturated carbocycles. The molecule has 1 aromatic carbocycles. The highest BCUT2D eigenvalue weighted by molar-refractivity contribution is 7.89. The first-order valence-corrected chi connectivity index (χ1v) is 7.10. The molecule has 0 heterocycles. The molecule has 0 aliphatic heterocycles. The second-order valence-electron chi connectivity index (χ2n) is 5.63. The van der Waals surface area contributed by atoms with Gasteiger partial charge in [-0.3, -0.25) is 0 Å². The molecule has 0 aliphatic rings. The molecular weight excluding hydrogens is 274 g/mol. The molecule has 0 radical (unpaired) electrons. The average Bonchev–Trinajstić information content (AvgIpc) is 2.20. The van der Waals surface area contributed by atoms with E-state index in [2.05, 4.69) is 0 Å². The fourth-order valence-corrected chi connectivity index (χ4v) is 3.14. The Morgan fingerprint density at radius 1 is 1.21 bits per heavy atom. The largest absolute Gasteiger partial charge is 0.396 e. The average molecular weight is 292 g/mol. The van der Waals surface area contributed by atoms with Crippen LogP contribution in [0, 0.1) is 17.0 Å². The van der Waals surface area contributed by atoms with Gasteiger partial charge in [0.05, 0.1) is 5.69 Å². The van der Waals surface area contributed by atoms with Crippen LogP contribution in [0.15, 0.2) is 17.0 Å². The van der Waals surface area contributed by atoms with E-state index in [0.29, 0.717) is 6.07 Å². The minimum absolute atomic E-state index is 0.200. The third-order valence-electron chi connectivity index (χ3n) is 2.44. The molecule has 0 amide bonds. The summed E-state index contributed by atoms with van der Waals surface area (Å²) in [6, 6.07) is 1.28. The Kier molecular flexibility index (Phi) is 4.21. The summed E-state index contributed by atoms with van der Waals surface area (Å²) >= 11 is 0. The minimum atomic E-state index is -4.03. The topological polar surface area (TPSA) is 63.4 Å². The lowest BCUT2D eigenvalue weighted by atomic mass is 9.97. The van der Waals surface area contributed by atoms with E-state index >= 15 is 0 Å². The van der Waals surface area contributed by atoms with E-state index in [1.54, 1.807) is 0 Å². The molecule has 7 heteroatoms. The molecule has 0 aliphatic carbocycles. The van der Waals surface area contributed by atoms with Crippen molar-refractivity contribution in [2.24, 2.45) is 5.41 Å². The van der Waals surface area contributed by atoms with Gasteiger partial charge in [0, 0.05) is 19.7 Å². The molecule has 108 valence electrons. The number of hydrogen-bond acceptors (Lipinski definition) is 3. The lowest BCUT2D eigenvalue weighted by molar-refractivity contribution is 0.310. The zero-order chi connectivity index (χ0) is 15.0. The predicted octanol–water partition coefficient (Wildman–Crippen LogP) is 2.21. The number of nitrogens with two attached hydrogens (primary N) is 1. The van der Waals surface area contributed by atoms with E-state index in [9.17, 15) is 17.2 Å². The molecule has 0 fully saturated rings. The smallest absolute Gasteiger partial charge is 0.245 e. The van der Waals surface area contributed by atoms with Gasteiger partial charge in [-0.15, -0.1) is 0 Å². The van der Waals surface area contributed by atoms with E-state index < -0.39 is 32.2 Å². The van der Waals surface area contributed by atoms with Gasteiger partial charge in [-0.05, 0) is 11.5 Å². The number of rotatable bonds is 3. The van der Waals surface area contributed by atoms with Crippen molar-refractivity contribution in [3.8, 4) is 0 Å². The third-order valence-corrected chi connectivity index (χ3v) is 4.25. The summed E-state index contributed by atoms with van der Waals surface area (Å²) in [6.07, 6.45) is 0. The monoisotopic (exact) mass is 292 g/mol. The van der Waals surface area contributed by atoms with Gasteiger partial charge >= 0.3 is 0 Å². The minimum Gasteiger partial charge on any atom is -0.396 e. The molecule has 1 rings (SSSR count). The number of halogens is 2. The Morgan fingerprint density at radius 2 is 1.74 bits per heavy atom. The molecule has 0 atom stereocenters. The van der Waals surface area contributed by atoms with E-state index in [1.807, 2.05) is 20.8 Å². The van der Waals surface area contributed by atoms with Crippen LogP contribution in [0.25, 0.3) is 0 Å². The Bertz CT molecular complexity index is 580. The standard InChI is InChI=1S/C12H18F2N2O2S/c1-12(2,3)7-16(4)19(17,18)11-6-10(15)8(13)5-9(11)14/h5-6H,7,15H2,1-4H3. The Morgan fingerprint density at radius 3 is 2.21 bits per heavy atom. The maximum atomic E-state index is 13.6. The Balaban J connectivity index is 3.25. The maximum absolute atomic E-state index is 13.6. The highest BCUT2D eigenvalue weighted by atomic mass is 32.2. The lowest BCUT2D eigenvalue weighted by Gasteiger charge is -2.26. The third kappa shape index (κ3) is 3.63. The molecular formula is C12H18F2N2O2S. The van der Waals surface area contributed by atoms with Gasteiger partial charge in [-0.1, -0.05) is 20.8 Å². The van der Waals surface area contributed by atoms with Crippen molar-refractivity contribution in [3.05, 3.63) is 23.8 Å². The van der Waals surface area contributed by atoms with Crippen molar-refractivity contribution in [2.75, 3.05) is 19.3 Å². The van der Waals surface area contributed by atoms with Crippen LogP contribution in [0.3, 0.4) is 0 Å². The molecule has 0 aromatic heterocycles. The summed E-state index contributed by atoms with van der Waals surface area (Å²) < 4.78 is 52.1. The molecule has 0 spiro atoms. The van der Waals surface area contributed by atoms with Crippen molar-refractivity contribution < 1.29 is 17.2 Å². The van der Waals surface area contributed by atoms with E-state index in [-0.39, 0.29) is 12.0 Å². The van der Waals surface area contributed by atoms with Gasteiger partial charge in [0.25, 0.3) is 0 Å². The van der Waals surface area contributed by atoms with Crippen LogP contribution < -0.4 is 5.73 Å². The first-order chi connectivity index (χ1) is 8.45. The van der Waals surface area contributed by atoms with Gasteiger partial charge in [-0.25, -0.2) is 21.5 Å². The van der Waals surface area contributed by atoms with Crippen LogP contribution in [-0.4, -0.2) is 26.3 Å². The number of nitrogens with zero attached hydrogens (tertiary/aromatic N) is 1. The van der Waals surface area contributed by atoms with Crippen molar-refractivity contribution in [1.29, 1.82) is 0 Å². The zero-order valence-corrected chi connectivity index (χ0v) is 12.2. The molecule has 0 saturated heterocycles. The zero-order valence-electron chi connectivity index (χ0n) is 11.4. The predicted molar refractivity (Wildman–Crippen MR) is 70.0 cm³/mol. The fourth-order valence-electron chi connectivity index (χ4n) is 1.66. The fraction of sp³-hybridized carbons (Fsp3) is 0.500. The summed E-state index contributed by atoms with van der Waals surface area (Å²) in [4.78, 5) is -0.613. The van der Waals surface area contributed by atoms with Gasteiger partial charge in [0.15, 0.2) is 0 Å². The van der Waals surface area contributed by atoms with Crippen LogP contribution in [0.5, 0.6) is 0 Å². The van der Waals surface area contributed by atoms with E-state index in [4.69, 9.17) is 5.73 Å². The normalized spacial score (nSPS) is 13.0. The highest BCUT2D eigenvalue weighted by Gasteiger charge is 2.28. The Labute approximate surface area is 112 Å². The van der Waals surface area contributed by atoms with E-state index in [1.165, 1.54) is 7.05 Å². The highest BCUT2D eigenvalue weighted by Crippen LogP contribution is 2.25. The quantitative estimate of drug-likeness (QED) is 0.869. The molecule has 0 bridgehead atoms. The molecule has 2 N–H and O–H groups in total. The van der Waals surface area contributed by atoms with Crippen LogP contribution in [0.4, 0.5) is 14.5 Å². The summed E-state index contributed by atoms with van der Waals surface area (Å²) in [6.45, 7) is 5.77. The maximum Gasteiger partial charge on any atom is 0.245 e. The van der Waals surface area contributed by atoms with Crippen LogP contribution in [-0.2, 0) is 10.0 Å². The molecule has 4 nitrogen and oxygen atoms in total. The lowest BCUT2D eigenvalue weighted by Crippen LogP contribution is -2.35. The van der Waals surface area contributed by atoms with E-state index in [0.717, 1.165) is 10.4 Å². The van der Waals surface area contributed by atoms with Gasteiger partial charge in [-0.2, -0.15) is 0 Å². The number of benzene rings is 1. The summed E-state index contributed by atoms with van der Waals surface area (Å²) in [5.41, 5.74) is 4.60. The second-order valence-corrected chi connectivity index (χ2v) is 7.64. The van der Waals surface area contributed by atoms with Crippen molar-refractivity contribution in [2.45, 2.75) is 25.7 Å². The van der Waals surface area contributed by atoms with Crippen molar-refractivity contribution in [1.82, 2.24) is 4.31 Å². The SMILES string of the molecule is CN(CC(C)(C)C)S(=O)(=O)c1cc(N)c(F)cc1F. The summed E-state index contributed by atoms with van der Waals surface area (Å²) in [5.74, 6) is -2.12. The van der Waals surface area contributed by atoms with Crippen molar-refractivity contribution >= 4 is 15.7 Å². The molecule has 19 heavy (non-hydrogen) atoms. The second kappa shape index (κ2) is 5.05. The van der Waals surface area contributed by atoms with Gasteiger partial charge in [0.2, 0.25) is 10.0 Å². The van der Waals surface area contributed by atoms with Gasteiger partial charge in [0.1, 0.15) is 16.5 Å². The first kappa shape index (κ1) is 15.8. The Hall–Kier alpha value is -1.21. The summed E-state index contributed by atoms with van der Waals surface area (Å²) in [5, 5.41) is 0. The van der Waals surface area contributed by atoms with Crippen molar-refractivity contribution in [3.63, 3.8) is 0 Å². The molecule has 0 unspecified atom stereocenters. The first-order valence-electron chi connectivity index (χ1n) is 5.66. The van der Waals surface area contributed by atoms with Crippen LogP contribution in [0.1, 0.15) is 20.8 Å². The number of anilines is 1. The van der Waals surface area contributed by atoms with Gasteiger partial charge < -0.3 is 5.73 Å².